The van der Waals surface area contributed by atoms with Gasteiger partial charge in [-0.3, -0.25) is 9.78 Å². The molecule has 0 aliphatic heterocycles. The molecule has 3 rings (SSSR count). The maximum Gasteiger partial charge on any atom is 0.319 e. The van der Waals surface area contributed by atoms with Crippen molar-refractivity contribution < 1.29 is 14.7 Å². The SMILES string of the molecule is CC(C)(CCC(=O)O)NC(=O)Nc1cnn(-c2cnc3ccccc3n2)c1. The van der Waals surface area contributed by atoms with Crippen molar-refractivity contribution in [3.05, 3.63) is 42.9 Å². The van der Waals surface area contributed by atoms with Crippen LogP contribution in [0.1, 0.15) is 26.7 Å². The quantitative estimate of drug-likeness (QED) is 0.615. The lowest BCUT2D eigenvalue weighted by molar-refractivity contribution is -0.137. The third-order valence-corrected chi connectivity index (χ3v) is 3.93. The molecule has 3 aromatic rings. The zero-order valence-electron chi connectivity index (χ0n) is 15.0. The average Bonchev–Trinajstić information content (AvgIpc) is 3.07. The van der Waals surface area contributed by atoms with Gasteiger partial charge < -0.3 is 15.7 Å². The maximum atomic E-state index is 12.2. The van der Waals surface area contributed by atoms with E-state index >= 15 is 0 Å². The van der Waals surface area contributed by atoms with Crippen LogP contribution in [0.2, 0.25) is 0 Å². The van der Waals surface area contributed by atoms with Crippen LogP contribution in [-0.4, -0.2) is 42.4 Å². The van der Waals surface area contributed by atoms with Crippen molar-refractivity contribution in [2.75, 3.05) is 5.32 Å². The van der Waals surface area contributed by atoms with Crippen molar-refractivity contribution in [3.8, 4) is 5.82 Å². The molecule has 2 aromatic heterocycles. The minimum Gasteiger partial charge on any atom is -0.481 e. The van der Waals surface area contributed by atoms with Crippen LogP contribution >= 0.6 is 0 Å². The van der Waals surface area contributed by atoms with Gasteiger partial charge in [-0.05, 0) is 32.4 Å². The first-order valence-electron chi connectivity index (χ1n) is 8.40. The molecule has 9 heteroatoms. The molecule has 0 atom stereocenters. The van der Waals surface area contributed by atoms with E-state index in [0.29, 0.717) is 17.9 Å². The molecule has 9 nitrogen and oxygen atoms in total. The zero-order chi connectivity index (χ0) is 19.4. The highest BCUT2D eigenvalue weighted by Crippen LogP contribution is 2.15. The van der Waals surface area contributed by atoms with Gasteiger partial charge in [-0.25, -0.2) is 14.5 Å². The van der Waals surface area contributed by atoms with Gasteiger partial charge in [0.25, 0.3) is 0 Å². The van der Waals surface area contributed by atoms with Crippen molar-refractivity contribution in [2.24, 2.45) is 0 Å². The molecule has 0 saturated heterocycles. The molecule has 0 saturated carbocycles. The third kappa shape index (κ3) is 4.78. The molecule has 0 bridgehead atoms. The van der Waals surface area contributed by atoms with Crippen LogP contribution in [0.5, 0.6) is 0 Å². The Morgan fingerprint density at radius 1 is 1.19 bits per heavy atom. The van der Waals surface area contributed by atoms with Gasteiger partial charge in [-0.15, -0.1) is 0 Å². The normalized spacial score (nSPS) is 11.3. The number of rotatable bonds is 6. The van der Waals surface area contributed by atoms with E-state index in [1.807, 2.05) is 24.3 Å². The summed E-state index contributed by atoms with van der Waals surface area (Å²) < 4.78 is 1.52. The molecular formula is C18H20N6O3. The fraction of sp³-hybridized carbons (Fsp3) is 0.278. The van der Waals surface area contributed by atoms with E-state index < -0.39 is 17.5 Å². The van der Waals surface area contributed by atoms with E-state index in [1.54, 1.807) is 26.2 Å². The van der Waals surface area contributed by atoms with Crippen molar-refractivity contribution >= 4 is 28.7 Å². The Labute approximate surface area is 155 Å². The monoisotopic (exact) mass is 368 g/mol. The number of carbonyl (C=O) groups is 2. The second-order valence-electron chi connectivity index (χ2n) is 6.75. The topological polar surface area (TPSA) is 122 Å². The van der Waals surface area contributed by atoms with E-state index in [4.69, 9.17) is 5.11 Å². The maximum absolute atomic E-state index is 12.2. The lowest BCUT2D eigenvalue weighted by Crippen LogP contribution is -2.45. The molecular weight excluding hydrogens is 348 g/mol. The molecule has 3 N–H and O–H groups in total. The van der Waals surface area contributed by atoms with Crippen LogP contribution in [-0.2, 0) is 4.79 Å². The molecule has 0 fully saturated rings. The second-order valence-corrected chi connectivity index (χ2v) is 6.75. The van der Waals surface area contributed by atoms with Gasteiger partial charge in [-0.2, -0.15) is 5.10 Å². The highest BCUT2D eigenvalue weighted by Gasteiger charge is 2.21. The van der Waals surface area contributed by atoms with E-state index in [1.165, 1.54) is 10.9 Å². The minimum atomic E-state index is -0.900. The molecule has 0 unspecified atom stereocenters. The first-order valence-corrected chi connectivity index (χ1v) is 8.40. The van der Waals surface area contributed by atoms with E-state index in [-0.39, 0.29) is 6.42 Å². The fourth-order valence-corrected chi connectivity index (χ4v) is 2.52. The summed E-state index contributed by atoms with van der Waals surface area (Å²) in [5.74, 6) is -0.369. The molecule has 1 aromatic carbocycles. The van der Waals surface area contributed by atoms with E-state index in [9.17, 15) is 9.59 Å². The van der Waals surface area contributed by atoms with Crippen molar-refractivity contribution in [1.29, 1.82) is 0 Å². The molecule has 2 heterocycles. The number of hydrogen-bond donors (Lipinski definition) is 3. The first-order chi connectivity index (χ1) is 12.8. The lowest BCUT2D eigenvalue weighted by atomic mass is 9.99. The van der Waals surface area contributed by atoms with Gasteiger partial charge in [0, 0.05) is 12.0 Å². The summed E-state index contributed by atoms with van der Waals surface area (Å²) in [6.45, 7) is 3.53. The predicted octanol–water partition coefficient (Wildman–Crippen LogP) is 2.58. The number of para-hydroxylation sites is 2. The summed E-state index contributed by atoms with van der Waals surface area (Å²) in [7, 11) is 0. The Kier molecular flexibility index (Phi) is 5.02. The van der Waals surface area contributed by atoms with Crippen LogP contribution in [0.15, 0.2) is 42.9 Å². The van der Waals surface area contributed by atoms with Gasteiger partial charge in [0.1, 0.15) is 0 Å². The number of nitrogens with zero attached hydrogens (tertiary/aromatic N) is 4. The molecule has 0 spiro atoms. The number of urea groups is 1. The number of carboxylic acid groups (broad SMARTS) is 1. The number of amides is 2. The highest BCUT2D eigenvalue weighted by molar-refractivity contribution is 5.89. The number of aliphatic carboxylic acids is 1. The number of anilines is 1. The van der Waals surface area contributed by atoms with Gasteiger partial charge in [-0.1, -0.05) is 12.1 Å². The Morgan fingerprint density at radius 3 is 2.67 bits per heavy atom. The smallest absolute Gasteiger partial charge is 0.319 e. The minimum absolute atomic E-state index is 0.0220. The number of aromatic nitrogens is 4. The molecule has 0 aliphatic carbocycles. The van der Waals surface area contributed by atoms with Crippen LogP contribution in [0.4, 0.5) is 10.5 Å². The van der Waals surface area contributed by atoms with Crippen molar-refractivity contribution in [3.63, 3.8) is 0 Å². The van der Waals surface area contributed by atoms with Gasteiger partial charge in [0.2, 0.25) is 0 Å². The molecule has 27 heavy (non-hydrogen) atoms. The molecule has 140 valence electrons. The van der Waals surface area contributed by atoms with Crippen LogP contribution in [0, 0.1) is 0 Å². The lowest BCUT2D eigenvalue weighted by Gasteiger charge is -2.25. The number of carbonyl (C=O) groups excluding carboxylic acids is 1. The highest BCUT2D eigenvalue weighted by atomic mass is 16.4. The summed E-state index contributed by atoms with van der Waals surface area (Å²) in [5, 5.41) is 18.4. The summed E-state index contributed by atoms with van der Waals surface area (Å²) in [6, 6.07) is 7.07. The molecule has 0 radical (unpaired) electrons. The van der Waals surface area contributed by atoms with E-state index in [2.05, 4.69) is 25.7 Å². The Morgan fingerprint density at radius 2 is 1.93 bits per heavy atom. The van der Waals surface area contributed by atoms with Gasteiger partial charge in [0.15, 0.2) is 5.82 Å². The number of carboxylic acids is 1. The number of fused-ring (bicyclic) bond motifs is 1. The summed E-state index contributed by atoms with van der Waals surface area (Å²) >= 11 is 0. The van der Waals surface area contributed by atoms with Gasteiger partial charge in [0.05, 0.1) is 35.3 Å². The predicted molar refractivity (Wildman–Crippen MR) is 99.8 cm³/mol. The standard InChI is InChI=1S/C18H20N6O3/c1-18(2,8-7-16(25)26)23-17(27)21-12-9-20-24(11-12)15-10-19-13-5-3-4-6-14(13)22-15/h3-6,9-11H,7-8H2,1-2H3,(H,25,26)(H2,21,23,27). The fourth-order valence-electron chi connectivity index (χ4n) is 2.52. The second kappa shape index (κ2) is 7.40. The third-order valence-electron chi connectivity index (χ3n) is 3.93. The summed E-state index contributed by atoms with van der Waals surface area (Å²) in [5.41, 5.74) is 1.37. The Bertz CT molecular complexity index is 982. The van der Waals surface area contributed by atoms with Gasteiger partial charge >= 0.3 is 12.0 Å². The largest absolute Gasteiger partial charge is 0.481 e. The van der Waals surface area contributed by atoms with Crippen molar-refractivity contribution in [1.82, 2.24) is 25.1 Å². The summed E-state index contributed by atoms with van der Waals surface area (Å²) in [4.78, 5) is 31.7. The van der Waals surface area contributed by atoms with Crippen LogP contribution in [0.3, 0.4) is 0 Å². The average molecular weight is 368 g/mol. The zero-order valence-corrected chi connectivity index (χ0v) is 15.0. The molecule has 2 amide bonds. The van der Waals surface area contributed by atoms with Crippen LogP contribution < -0.4 is 10.6 Å². The Balaban J connectivity index is 1.66. The number of benzene rings is 1. The van der Waals surface area contributed by atoms with Crippen LogP contribution in [0.25, 0.3) is 16.9 Å². The van der Waals surface area contributed by atoms with Crippen molar-refractivity contribution in [2.45, 2.75) is 32.2 Å². The summed E-state index contributed by atoms with van der Waals surface area (Å²) in [6.07, 6.45) is 5.03. The molecule has 0 aliphatic rings. The Hall–Kier alpha value is -3.49. The number of hydrogen-bond acceptors (Lipinski definition) is 5. The van der Waals surface area contributed by atoms with E-state index in [0.717, 1.165) is 11.0 Å². The number of nitrogens with one attached hydrogen (secondary N) is 2. The first kappa shape index (κ1) is 18.3.